The van der Waals surface area contributed by atoms with E-state index < -0.39 is 0 Å². The Morgan fingerprint density at radius 3 is 1.88 bits per heavy atom. The molecule has 4 fully saturated rings. The van der Waals surface area contributed by atoms with Crippen LogP contribution in [0.2, 0.25) is 0 Å². The molecule has 0 unspecified atom stereocenters. The Kier molecular flexibility index (Phi) is 4.49. The van der Waals surface area contributed by atoms with Gasteiger partial charge in [0.2, 0.25) is 11.7 Å². The SMILES string of the molecule is COc1cc(NC(=O)CC23CC4CC(CC(C4)C2)C3)cc(OC)c1OC. The largest absolute Gasteiger partial charge is 0.493 e. The second-order valence-corrected chi connectivity index (χ2v) is 8.56. The zero-order valence-corrected chi connectivity index (χ0v) is 16.0. The van der Waals surface area contributed by atoms with Crippen LogP contribution in [0.4, 0.5) is 5.69 Å². The molecule has 4 saturated carbocycles. The van der Waals surface area contributed by atoms with Crippen LogP contribution >= 0.6 is 0 Å². The summed E-state index contributed by atoms with van der Waals surface area (Å²) in [6.45, 7) is 0. The van der Waals surface area contributed by atoms with Crippen LogP contribution < -0.4 is 19.5 Å². The molecule has 142 valence electrons. The maximum atomic E-state index is 12.8. The summed E-state index contributed by atoms with van der Waals surface area (Å²) < 4.78 is 16.1. The van der Waals surface area contributed by atoms with Crippen molar-refractivity contribution in [2.24, 2.45) is 23.2 Å². The van der Waals surface area contributed by atoms with Gasteiger partial charge in [-0.25, -0.2) is 0 Å². The predicted molar refractivity (Wildman–Crippen MR) is 99.9 cm³/mol. The molecule has 1 aromatic rings. The molecule has 5 nitrogen and oxygen atoms in total. The van der Waals surface area contributed by atoms with Gasteiger partial charge in [0.05, 0.1) is 21.3 Å². The molecule has 26 heavy (non-hydrogen) atoms. The molecule has 0 aromatic heterocycles. The zero-order valence-electron chi connectivity index (χ0n) is 16.0. The number of ether oxygens (including phenoxy) is 3. The maximum Gasteiger partial charge on any atom is 0.224 e. The molecular weight excluding hydrogens is 330 g/mol. The summed E-state index contributed by atoms with van der Waals surface area (Å²) in [5.41, 5.74) is 0.925. The summed E-state index contributed by atoms with van der Waals surface area (Å²) in [6.07, 6.45) is 8.54. The highest BCUT2D eigenvalue weighted by atomic mass is 16.5. The van der Waals surface area contributed by atoms with Gasteiger partial charge in [-0.3, -0.25) is 4.79 Å². The predicted octanol–water partition coefficient (Wildman–Crippen LogP) is 4.26. The molecule has 5 rings (SSSR count). The van der Waals surface area contributed by atoms with Crippen molar-refractivity contribution in [3.05, 3.63) is 12.1 Å². The first-order valence-electron chi connectivity index (χ1n) is 9.64. The topological polar surface area (TPSA) is 56.8 Å². The fraction of sp³-hybridized carbons (Fsp3) is 0.667. The van der Waals surface area contributed by atoms with Crippen molar-refractivity contribution in [1.29, 1.82) is 0 Å². The molecule has 0 aliphatic heterocycles. The maximum absolute atomic E-state index is 12.8. The Bertz CT molecular complexity index is 639. The number of carbonyl (C=O) groups is 1. The number of amides is 1. The third-order valence-corrected chi connectivity index (χ3v) is 6.65. The van der Waals surface area contributed by atoms with Crippen molar-refractivity contribution in [2.75, 3.05) is 26.6 Å². The van der Waals surface area contributed by atoms with Gasteiger partial charge in [0.25, 0.3) is 0 Å². The average Bonchev–Trinajstić information content (AvgIpc) is 2.58. The highest BCUT2D eigenvalue weighted by molar-refractivity contribution is 5.92. The highest BCUT2D eigenvalue weighted by Gasteiger charge is 2.51. The fourth-order valence-electron chi connectivity index (χ4n) is 6.21. The molecule has 0 radical (unpaired) electrons. The van der Waals surface area contributed by atoms with Gasteiger partial charge in [0, 0.05) is 24.2 Å². The normalized spacial score (nSPS) is 31.6. The Morgan fingerprint density at radius 1 is 0.962 bits per heavy atom. The van der Waals surface area contributed by atoms with E-state index in [-0.39, 0.29) is 11.3 Å². The van der Waals surface area contributed by atoms with Crippen molar-refractivity contribution in [3.63, 3.8) is 0 Å². The molecule has 5 heteroatoms. The molecule has 4 bridgehead atoms. The number of hydrogen-bond donors (Lipinski definition) is 1. The molecule has 0 atom stereocenters. The average molecular weight is 359 g/mol. The Hall–Kier alpha value is -1.91. The van der Waals surface area contributed by atoms with Crippen LogP contribution in [0.15, 0.2) is 12.1 Å². The number of rotatable bonds is 6. The molecular formula is C21H29NO4. The summed E-state index contributed by atoms with van der Waals surface area (Å²) in [7, 11) is 4.74. The lowest BCUT2D eigenvalue weighted by molar-refractivity contribution is -0.124. The summed E-state index contributed by atoms with van der Waals surface area (Å²) in [5.74, 6) is 4.31. The van der Waals surface area contributed by atoms with Crippen LogP contribution in [-0.2, 0) is 4.79 Å². The number of benzene rings is 1. The minimum absolute atomic E-state index is 0.0984. The first-order valence-corrected chi connectivity index (χ1v) is 9.64. The minimum Gasteiger partial charge on any atom is -0.493 e. The lowest BCUT2D eigenvalue weighted by Crippen LogP contribution is -2.47. The third-order valence-electron chi connectivity index (χ3n) is 6.65. The second-order valence-electron chi connectivity index (χ2n) is 8.56. The molecule has 1 aromatic carbocycles. The van der Waals surface area contributed by atoms with Gasteiger partial charge < -0.3 is 19.5 Å². The van der Waals surface area contributed by atoms with Gasteiger partial charge in [-0.1, -0.05) is 0 Å². The van der Waals surface area contributed by atoms with Gasteiger partial charge in [-0.05, 0) is 61.7 Å². The summed E-state index contributed by atoms with van der Waals surface area (Å²) in [4.78, 5) is 12.8. The Labute approximate surface area is 155 Å². The van der Waals surface area contributed by atoms with Crippen molar-refractivity contribution in [3.8, 4) is 17.2 Å². The smallest absolute Gasteiger partial charge is 0.224 e. The van der Waals surface area contributed by atoms with Crippen LogP contribution in [-0.4, -0.2) is 27.2 Å². The second kappa shape index (κ2) is 6.67. The standard InChI is InChI=1S/C21H29NO4/c1-24-17-7-16(8-18(25-2)20(17)26-3)22-19(23)12-21-9-13-4-14(10-21)6-15(5-13)11-21/h7-8,13-15H,4-6,9-12H2,1-3H3,(H,22,23). The molecule has 1 N–H and O–H groups in total. The highest BCUT2D eigenvalue weighted by Crippen LogP contribution is 2.61. The van der Waals surface area contributed by atoms with Crippen LogP contribution in [0.25, 0.3) is 0 Å². The van der Waals surface area contributed by atoms with E-state index >= 15 is 0 Å². The number of anilines is 1. The lowest BCUT2D eigenvalue weighted by Gasteiger charge is -2.56. The summed E-state index contributed by atoms with van der Waals surface area (Å²) >= 11 is 0. The zero-order chi connectivity index (χ0) is 18.3. The number of carbonyl (C=O) groups excluding carboxylic acids is 1. The van der Waals surface area contributed by atoms with Crippen molar-refractivity contribution in [2.45, 2.75) is 44.9 Å². The van der Waals surface area contributed by atoms with Crippen LogP contribution in [0.3, 0.4) is 0 Å². The molecule has 0 spiro atoms. The van der Waals surface area contributed by atoms with Gasteiger partial charge in [0.1, 0.15) is 0 Å². The van der Waals surface area contributed by atoms with Gasteiger partial charge in [-0.2, -0.15) is 0 Å². The van der Waals surface area contributed by atoms with E-state index in [1.807, 2.05) is 0 Å². The first-order chi connectivity index (χ1) is 12.5. The molecule has 4 aliphatic rings. The summed E-state index contributed by atoms with van der Waals surface area (Å²) in [5, 5.41) is 3.06. The van der Waals surface area contributed by atoms with Crippen molar-refractivity contribution >= 4 is 11.6 Å². The monoisotopic (exact) mass is 359 g/mol. The van der Waals surface area contributed by atoms with E-state index in [0.29, 0.717) is 29.4 Å². The van der Waals surface area contributed by atoms with E-state index in [0.717, 1.165) is 17.8 Å². The van der Waals surface area contributed by atoms with Crippen LogP contribution in [0.5, 0.6) is 17.2 Å². The van der Waals surface area contributed by atoms with E-state index in [1.54, 1.807) is 33.5 Å². The Morgan fingerprint density at radius 2 is 1.46 bits per heavy atom. The third kappa shape index (κ3) is 3.12. The van der Waals surface area contributed by atoms with E-state index in [4.69, 9.17) is 14.2 Å². The molecule has 4 aliphatic carbocycles. The van der Waals surface area contributed by atoms with Crippen molar-refractivity contribution in [1.82, 2.24) is 0 Å². The number of methoxy groups -OCH3 is 3. The quantitative estimate of drug-likeness (QED) is 0.825. The minimum atomic E-state index is 0.0984. The van der Waals surface area contributed by atoms with Gasteiger partial charge >= 0.3 is 0 Å². The van der Waals surface area contributed by atoms with Crippen LogP contribution in [0.1, 0.15) is 44.9 Å². The molecule has 0 heterocycles. The van der Waals surface area contributed by atoms with Gasteiger partial charge in [0.15, 0.2) is 11.5 Å². The Balaban J connectivity index is 1.48. The molecule has 0 saturated heterocycles. The van der Waals surface area contributed by atoms with E-state index in [2.05, 4.69) is 5.32 Å². The fourth-order valence-corrected chi connectivity index (χ4v) is 6.21. The number of hydrogen-bond acceptors (Lipinski definition) is 4. The van der Waals surface area contributed by atoms with Gasteiger partial charge in [-0.15, -0.1) is 0 Å². The van der Waals surface area contributed by atoms with E-state index in [9.17, 15) is 4.79 Å². The number of nitrogens with one attached hydrogen (secondary N) is 1. The van der Waals surface area contributed by atoms with Crippen molar-refractivity contribution < 1.29 is 19.0 Å². The summed E-state index contributed by atoms with van der Waals surface area (Å²) in [6, 6.07) is 3.58. The van der Waals surface area contributed by atoms with E-state index in [1.165, 1.54) is 38.5 Å². The van der Waals surface area contributed by atoms with Crippen LogP contribution in [0, 0.1) is 23.2 Å². The lowest BCUT2D eigenvalue weighted by atomic mass is 9.49. The molecule has 1 amide bonds. The first kappa shape index (κ1) is 17.5.